The molecule has 0 heterocycles. The van der Waals surface area contributed by atoms with Gasteiger partial charge in [-0.15, -0.1) is 0 Å². The van der Waals surface area contributed by atoms with Gasteiger partial charge in [0, 0.05) is 6.54 Å². The zero-order valence-corrected chi connectivity index (χ0v) is 15.9. The van der Waals surface area contributed by atoms with Crippen LogP contribution in [-0.2, 0) is 13.2 Å². The van der Waals surface area contributed by atoms with Crippen LogP contribution in [0.25, 0.3) is 0 Å². The van der Waals surface area contributed by atoms with E-state index in [1.807, 2.05) is 0 Å². The molecule has 0 aliphatic rings. The van der Waals surface area contributed by atoms with Crippen LogP contribution in [0.3, 0.4) is 0 Å². The van der Waals surface area contributed by atoms with Crippen molar-refractivity contribution < 1.29 is 4.74 Å². The van der Waals surface area contributed by atoms with E-state index >= 15 is 0 Å². The molecule has 2 aromatic rings. The first-order valence-corrected chi connectivity index (χ1v) is 9.76. The molecule has 0 bridgehead atoms. The van der Waals surface area contributed by atoms with E-state index < -0.39 is 0 Å². The van der Waals surface area contributed by atoms with Gasteiger partial charge in [0.2, 0.25) is 0 Å². The summed E-state index contributed by atoms with van der Waals surface area (Å²) in [6.07, 6.45) is 8.10. The molecule has 1 N–H and O–H groups in total. The molecule has 2 aromatic carbocycles. The molecule has 0 saturated heterocycles. The highest BCUT2D eigenvalue weighted by atomic mass is 16.5. The SMILES string of the molecule is CCCCCCCCNCc1ccc(OCc2cccc(C)c2)cc1. The molecule has 0 aliphatic heterocycles. The van der Waals surface area contributed by atoms with Crippen LogP contribution in [0.15, 0.2) is 48.5 Å². The van der Waals surface area contributed by atoms with E-state index in [-0.39, 0.29) is 0 Å². The Morgan fingerprint density at radius 3 is 2.36 bits per heavy atom. The summed E-state index contributed by atoms with van der Waals surface area (Å²) in [4.78, 5) is 0. The molecule has 0 saturated carbocycles. The highest BCUT2D eigenvalue weighted by molar-refractivity contribution is 5.28. The van der Waals surface area contributed by atoms with Crippen molar-refractivity contribution in [3.05, 3.63) is 65.2 Å². The van der Waals surface area contributed by atoms with Crippen LogP contribution in [0.4, 0.5) is 0 Å². The second-order valence-corrected chi connectivity index (χ2v) is 6.87. The Balaban J connectivity index is 1.61. The molecule has 0 aromatic heterocycles. The Bertz CT molecular complexity index is 591. The van der Waals surface area contributed by atoms with Crippen molar-refractivity contribution in [1.29, 1.82) is 0 Å². The first-order valence-electron chi connectivity index (χ1n) is 9.76. The van der Waals surface area contributed by atoms with Gasteiger partial charge in [-0.05, 0) is 43.1 Å². The van der Waals surface area contributed by atoms with Gasteiger partial charge in [-0.3, -0.25) is 0 Å². The predicted octanol–water partition coefficient (Wildman–Crippen LogP) is 6.02. The fraction of sp³-hybridized carbons (Fsp3) is 0.478. The van der Waals surface area contributed by atoms with E-state index in [1.54, 1.807) is 0 Å². The summed E-state index contributed by atoms with van der Waals surface area (Å²) in [5.74, 6) is 0.932. The first kappa shape index (κ1) is 19.5. The zero-order chi connectivity index (χ0) is 17.7. The molecule has 0 atom stereocenters. The quantitative estimate of drug-likeness (QED) is 0.477. The van der Waals surface area contributed by atoms with Crippen LogP contribution in [0.1, 0.15) is 62.1 Å². The third kappa shape index (κ3) is 8.22. The minimum Gasteiger partial charge on any atom is -0.489 e. The van der Waals surface area contributed by atoms with Gasteiger partial charge < -0.3 is 10.1 Å². The lowest BCUT2D eigenvalue weighted by molar-refractivity contribution is 0.306. The number of aryl methyl sites for hydroxylation is 1. The predicted molar refractivity (Wildman–Crippen MR) is 107 cm³/mol. The van der Waals surface area contributed by atoms with Gasteiger partial charge in [-0.25, -0.2) is 0 Å². The van der Waals surface area contributed by atoms with Crippen molar-refractivity contribution in [2.45, 2.75) is 65.5 Å². The Morgan fingerprint density at radius 1 is 0.840 bits per heavy atom. The topological polar surface area (TPSA) is 21.3 Å². The average molecular weight is 340 g/mol. The minimum atomic E-state index is 0.622. The van der Waals surface area contributed by atoms with Crippen LogP contribution in [0.2, 0.25) is 0 Å². The summed E-state index contributed by atoms with van der Waals surface area (Å²) < 4.78 is 5.87. The smallest absolute Gasteiger partial charge is 0.119 e. The normalized spacial score (nSPS) is 10.8. The van der Waals surface area contributed by atoms with Crippen LogP contribution >= 0.6 is 0 Å². The van der Waals surface area contributed by atoms with Crippen LogP contribution in [0.5, 0.6) is 5.75 Å². The number of nitrogens with one attached hydrogen (secondary N) is 1. The van der Waals surface area contributed by atoms with E-state index in [2.05, 4.69) is 67.7 Å². The lowest BCUT2D eigenvalue weighted by Crippen LogP contribution is -2.14. The Hall–Kier alpha value is -1.80. The van der Waals surface area contributed by atoms with Gasteiger partial charge >= 0.3 is 0 Å². The molecule has 0 aliphatic carbocycles. The molecule has 2 nitrogen and oxygen atoms in total. The Labute approximate surface area is 153 Å². The third-order valence-electron chi connectivity index (χ3n) is 4.45. The lowest BCUT2D eigenvalue weighted by Gasteiger charge is -2.09. The zero-order valence-electron chi connectivity index (χ0n) is 15.9. The molecule has 0 unspecified atom stereocenters. The molecule has 2 heteroatoms. The number of unbranched alkanes of at least 4 members (excludes halogenated alkanes) is 5. The number of ether oxygens (including phenoxy) is 1. The van der Waals surface area contributed by atoms with E-state index in [4.69, 9.17) is 4.74 Å². The average Bonchev–Trinajstić information content (AvgIpc) is 2.63. The molecule has 25 heavy (non-hydrogen) atoms. The van der Waals surface area contributed by atoms with Crippen LogP contribution < -0.4 is 10.1 Å². The number of hydrogen-bond acceptors (Lipinski definition) is 2. The maximum Gasteiger partial charge on any atom is 0.119 e. The van der Waals surface area contributed by atoms with Crippen molar-refractivity contribution in [3.8, 4) is 5.75 Å². The molecule has 0 amide bonds. The van der Waals surface area contributed by atoms with Gasteiger partial charge in [0.25, 0.3) is 0 Å². The highest BCUT2D eigenvalue weighted by Gasteiger charge is 1.98. The van der Waals surface area contributed by atoms with E-state index in [0.29, 0.717) is 6.61 Å². The first-order chi connectivity index (χ1) is 12.3. The van der Waals surface area contributed by atoms with Crippen LogP contribution in [-0.4, -0.2) is 6.54 Å². The van der Waals surface area contributed by atoms with Gasteiger partial charge in [0.1, 0.15) is 12.4 Å². The summed E-state index contributed by atoms with van der Waals surface area (Å²) in [5.41, 5.74) is 3.80. The highest BCUT2D eigenvalue weighted by Crippen LogP contribution is 2.15. The Morgan fingerprint density at radius 2 is 1.60 bits per heavy atom. The van der Waals surface area contributed by atoms with Crippen LogP contribution in [0, 0.1) is 6.92 Å². The second kappa shape index (κ2) is 11.7. The summed E-state index contributed by atoms with van der Waals surface area (Å²) in [5, 5.41) is 3.54. The van der Waals surface area contributed by atoms with Crippen molar-refractivity contribution in [1.82, 2.24) is 5.32 Å². The fourth-order valence-corrected chi connectivity index (χ4v) is 2.94. The van der Waals surface area contributed by atoms with E-state index in [0.717, 1.165) is 18.8 Å². The van der Waals surface area contributed by atoms with Crippen molar-refractivity contribution in [2.24, 2.45) is 0 Å². The second-order valence-electron chi connectivity index (χ2n) is 6.87. The largest absolute Gasteiger partial charge is 0.489 e. The van der Waals surface area contributed by atoms with Crippen molar-refractivity contribution >= 4 is 0 Å². The molecule has 2 rings (SSSR count). The monoisotopic (exact) mass is 339 g/mol. The standard InChI is InChI=1S/C23H33NO/c1-3-4-5-6-7-8-16-24-18-21-12-14-23(15-13-21)25-19-22-11-9-10-20(2)17-22/h9-15,17,24H,3-8,16,18-19H2,1-2H3. The third-order valence-corrected chi connectivity index (χ3v) is 4.45. The van der Waals surface area contributed by atoms with Gasteiger partial charge in [0.05, 0.1) is 0 Å². The number of hydrogen-bond donors (Lipinski definition) is 1. The maximum absolute atomic E-state index is 5.87. The molecular formula is C23H33NO. The van der Waals surface area contributed by atoms with Gasteiger partial charge in [0.15, 0.2) is 0 Å². The Kier molecular flexibility index (Phi) is 9.14. The molecule has 136 valence electrons. The molecule has 0 radical (unpaired) electrons. The van der Waals surface area contributed by atoms with Gasteiger partial charge in [-0.2, -0.15) is 0 Å². The lowest BCUT2D eigenvalue weighted by atomic mass is 10.1. The fourth-order valence-electron chi connectivity index (χ4n) is 2.94. The van der Waals surface area contributed by atoms with Crippen molar-refractivity contribution in [3.63, 3.8) is 0 Å². The van der Waals surface area contributed by atoms with Gasteiger partial charge in [-0.1, -0.05) is 81.0 Å². The van der Waals surface area contributed by atoms with E-state index in [1.165, 1.54) is 55.2 Å². The number of benzene rings is 2. The molecule has 0 fully saturated rings. The summed E-state index contributed by atoms with van der Waals surface area (Å²) in [6.45, 7) is 7.04. The molecular weight excluding hydrogens is 306 g/mol. The van der Waals surface area contributed by atoms with Crippen molar-refractivity contribution in [2.75, 3.05) is 6.54 Å². The summed E-state index contributed by atoms with van der Waals surface area (Å²) in [7, 11) is 0. The molecule has 0 spiro atoms. The number of rotatable bonds is 12. The summed E-state index contributed by atoms with van der Waals surface area (Å²) >= 11 is 0. The maximum atomic E-state index is 5.87. The van der Waals surface area contributed by atoms with E-state index in [9.17, 15) is 0 Å². The summed E-state index contributed by atoms with van der Waals surface area (Å²) in [6, 6.07) is 16.9. The minimum absolute atomic E-state index is 0.622.